The predicted octanol–water partition coefficient (Wildman–Crippen LogP) is 15.5. The summed E-state index contributed by atoms with van der Waals surface area (Å²) in [6.45, 7) is 4.71. The molecule has 0 saturated heterocycles. The molecule has 0 saturated carbocycles. The number of benzene rings is 9. The summed E-state index contributed by atoms with van der Waals surface area (Å²) >= 11 is 1.87. The Morgan fingerprint density at radius 2 is 1.02 bits per heavy atom. The topological polar surface area (TPSA) is 3.24 Å². The van der Waals surface area contributed by atoms with Crippen molar-refractivity contribution in [3.05, 3.63) is 199 Å². The van der Waals surface area contributed by atoms with Crippen LogP contribution in [0.15, 0.2) is 188 Å². The van der Waals surface area contributed by atoms with E-state index in [0.29, 0.717) is 0 Å². The zero-order valence-corrected chi connectivity index (χ0v) is 31.6. The van der Waals surface area contributed by atoms with Gasteiger partial charge in [0.05, 0.1) is 5.69 Å². The molecule has 55 heavy (non-hydrogen) atoms. The predicted molar refractivity (Wildman–Crippen MR) is 237 cm³/mol. The van der Waals surface area contributed by atoms with Crippen molar-refractivity contribution in [1.82, 2.24) is 0 Å². The summed E-state index contributed by atoms with van der Waals surface area (Å²) in [6.07, 6.45) is 0. The van der Waals surface area contributed by atoms with Gasteiger partial charge in [-0.15, -0.1) is 11.3 Å². The van der Waals surface area contributed by atoms with Gasteiger partial charge >= 0.3 is 0 Å². The summed E-state index contributed by atoms with van der Waals surface area (Å²) in [6, 6.07) is 69.8. The SMILES string of the molecule is CC1(C)c2ccccc2-c2cc(N(c3ccc(-c4ccc5c(c4)sc4ccccc45)cc3)c3ccc4ccccc4c3-c3cccc4ccccc34)ccc21. The summed E-state index contributed by atoms with van der Waals surface area (Å²) in [7, 11) is 0. The van der Waals surface area contributed by atoms with Gasteiger partial charge in [-0.1, -0.05) is 159 Å². The molecule has 0 fully saturated rings. The van der Waals surface area contributed by atoms with Gasteiger partial charge in [-0.25, -0.2) is 0 Å². The van der Waals surface area contributed by atoms with E-state index in [4.69, 9.17) is 0 Å². The third kappa shape index (κ3) is 4.99. The third-order valence-corrected chi connectivity index (χ3v) is 13.0. The summed E-state index contributed by atoms with van der Waals surface area (Å²) in [4.78, 5) is 2.48. The molecule has 1 aliphatic carbocycles. The van der Waals surface area contributed by atoms with Crippen molar-refractivity contribution in [3.8, 4) is 33.4 Å². The van der Waals surface area contributed by atoms with E-state index >= 15 is 0 Å². The minimum absolute atomic E-state index is 0.0660. The molecule has 9 aromatic carbocycles. The van der Waals surface area contributed by atoms with Gasteiger partial charge in [0.15, 0.2) is 0 Å². The van der Waals surface area contributed by atoms with Crippen LogP contribution < -0.4 is 4.90 Å². The molecule has 0 amide bonds. The molecule has 1 nitrogen and oxygen atoms in total. The number of anilines is 3. The smallest absolute Gasteiger partial charge is 0.0546 e. The second kappa shape index (κ2) is 12.3. The van der Waals surface area contributed by atoms with E-state index < -0.39 is 0 Å². The Bertz CT molecular complexity index is 3120. The lowest BCUT2D eigenvalue weighted by Crippen LogP contribution is -2.15. The molecule has 10 aromatic rings. The monoisotopic (exact) mass is 719 g/mol. The van der Waals surface area contributed by atoms with Crippen LogP contribution in [-0.2, 0) is 5.41 Å². The van der Waals surface area contributed by atoms with Crippen LogP contribution in [0.25, 0.3) is 75.1 Å². The van der Waals surface area contributed by atoms with Crippen molar-refractivity contribution in [2.45, 2.75) is 19.3 Å². The lowest BCUT2D eigenvalue weighted by atomic mass is 9.82. The number of hydrogen-bond donors (Lipinski definition) is 0. The zero-order chi connectivity index (χ0) is 36.7. The Balaban J connectivity index is 1.13. The van der Waals surface area contributed by atoms with Gasteiger partial charge in [-0.3, -0.25) is 0 Å². The van der Waals surface area contributed by atoms with E-state index in [0.717, 1.165) is 17.1 Å². The highest BCUT2D eigenvalue weighted by atomic mass is 32.1. The number of fused-ring (bicyclic) bond motifs is 8. The molecule has 1 aliphatic rings. The fraction of sp³-hybridized carbons (Fsp3) is 0.0566. The number of thiophene rings is 1. The van der Waals surface area contributed by atoms with Crippen molar-refractivity contribution in [2.24, 2.45) is 0 Å². The minimum atomic E-state index is -0.0660. The van der Waals surface area contributed by atoms with Crippen molar-refractivity contribution < 1.29 is 0 Å². The Kier molecular flexibility index (Phi) is 7.14. The van der Waals surface area contributed by atoms with Crippen molar-refractivity contribution in [2.75, 3.05) is 4.90 Å². The Labute approximate surface area is 325 Å². The number of nitrogens with zero attached hydrogens (tertiary/aromatic N) is 1. The Hall–Kier alpha value is -6.48. The molecule has 0 spiro atoms. The lowest BCUT2D eigenvalue weighted by Gasteiger charge is -2.30. The van der Waals surface area contributed by atoms with E-state index in [1.165, 1.54) is 86.2 Å². The molecule has 2 heteroatoms. The van der Waals surface area contributed by atoms with Gasteiger partial charge in [0, 0.05) is 42.5 Å². The van der Waals surface area contributed by atoms with Crippen LogP contribution in [0.3, 0.4) is 0 Å². The molecule has 0 bridgehead atoms. The van der Waals surface area contributed by atoms with E-state index in [-0.39, 0.29) is 5.41 Å². The van der Waals surface area contributed by atoms with Gasteiger partial charge in [0.25, 0.3) is 0 Å². The van der Waals surface area contributed by atoms with Crippen LogP contribution in [0.2, 0.25) is 0 Å². The molecular formula is C53H37NS. The molecule has 0 atom stereocenters. The second-order valence-electron chi connectivity index (χ2n) is 15.3. The van der Waals surface area contributed by atoms with Gasteiger partial charge in [-0.2, -0.15) is 0 Å². The van der Waals surface area contributed by atoms with Gasteiger partial charge in [0.2, 0.25) is 0 Å². The highest BCUT2D eigenvalue weighted by Crippen LogP contribution is 2.52. The van der Waals surface area contributed by atoms with Crippen molar-refractivity contribution in [1.29, 1.82) is 0 Å². The first kappa shape index (κ1) is 32.0. The molecular weight excluding hydrogens is 683 g/mol. The molecule has 1 aromatic heterocycles. The maximum atomic E-state index is 2.48. The van der Waals surface area contributed by atoms with Crippen LogP contribution in [0.4, 0.5) is 17.1 Å². The van der Waals surface area contributed by atoms with Crippen LogP contribution >= 0.6 is 11.3 Å². The first-order chi connectivity index (χ1) is 27.0. The number of rotatable bonds is 5. The standard InChI is InChI=1S/C53H37NS/c1-53(2)47-20-9-7-17-42(47)46-33-39(28-30-48(46)53)54(38-26-22-34(23-27-38)37-24-29-44-43-18-8-10-21-50(43)55-51(44)32-37)49-31-25-36-13-4-6-16-41(36)52(49)45-19-11-14-35-12-3-5-15-40(35)45/h3-33H,1-2H3. The Morgan fingerprint density at radius 1 is 0.400 bits per heavy atom. The van der Waals surface area contributed by atoms with Crippen molar-refractivity contribution in [3.63, 3.8) is 0 Å². The van der Waals surface area contributed by atoms with E-state index in [2.05, 4.69) is 207 Å². The van der Waals surface area contributed by atoms with E-state index in [1.54, 1.807) is 0 Å². The summed E-state index contributed by atoms with van der Waals surface area (Å²) in [5, 5.41) is 7.61. The third-order valence-electron chi connectivity index (χ3n) is 11.9. The normalized spacial score (nSPS) is 13.1. The quantitative estimate of drug-likeness (QED) is 0.171. The van der Waals surface area contributed by atoms with Crippen LogP contribution in [0, 0.1) is 0 Å². The molecule has 0 radical (unpaired) electrons. The first-order valence-corrected chi connectivity index (χ1v) is 19.9. The molecule has 0 aliphatic heterocycles. The summed E-state index contributed by atoms with van der Waals surface area (Å²) in [5.41, 5.74) is 13.6. The molecule has 1 heterocycles. The van der Waals surface area contributed by atoms with Gasteiger partial charge in [0.1, 0.15) is 0 Å². The molecule has 0 unspecified atom stereocenters. The second-order valence-corrected chi connectivity index (χ2v) is 16.4. The molecule has 11 rings (SSSR count). The summed E-state index contributed by atoms with van der Waals surface area (Å²) < 4.78 is 2.65. The van der Waals surface area contributed by atoms with Gasteiger partial charge in [-0.05, 0) is 103 Å². The highest BCUT2D eigenvalue weighted by molar-refractivity contribution is 7.25. The Morgan fingerprint density at radius 3 is 1.87 bits per heavy atom. The maximum Gasteiger partial charge on any atom is 0.0546 e. The molecule has 0 N–H and O–H groups in total. The maximum absolute atomic E-state index is 2.48. The van der Waals surface area contributed by atoms with Gasteiger partial charge < -0.3 is 4.90 Å². The lowest BCUT2D eigenvalue weighted by molar-refractivity contribution is 0.660. The molecule has 260 valence electrons. The largest absolute Gasteiger partial charge is 0.310 e. The highest BCUT2D eigenvalue weighted by Gasteiger charge is 2.35. The average molecular weight is 720 g/mol. The minimum Gasteiger partial charge on any atom is -0.310 e. The fourth-order valence-electron chi connectivity index (χ4n) is 9.16. The first-order valence-electron chi connectivity index (χ1n) is 19.1. The fourth-order valence-corrected chi connectivity index (χ4v) is 10.3. The van der Waals surface area contributed by atoms with Crippen LogP contribution in [0.1, 0.15) is 25.0 Å². The van der Waals surface area contributed by atoms with Crippen molar-refractivity contribution >= 4 is 70.1 Å². The average Bonchev–Trinajstić information content (AvgIpc) is 3.72. The zero-order valence-electron chi connectivity index (χ0n) is 30.8. The number of hydrogen-bond acceptors (Lipinski definition) is 2. The van der Waals surface area contributed by atoms with Crippen LogP contribution in [0.5, 0.6) is 0 Å². The van der Waals surface area contributed by atoms with E-state index in [9.17, 15) is 0 Å². The van der Waals surface area contributed by atoms with Crippen LogP contribution in [-0.4, -0.2) is 0 Å². The summed E-state index contributed by atoms with van der Waals surface area (Å²) in [5.74, 6) is 0. The van der Waals surface area contributed by atoms with E-state index in [1.807, 2.05) is 11.3 Å².